The Hall–Kier alpha value is -0.820. The van der Waals surface area contributed by atoms with Gasteiger partial charge in [0.15, 0.2) is 0 Å². The Morgan fingerprint density at radius 3 is 2.19 bits per heavy atom. The van der Waals surface area contributed by atoms with Gasteiger partial charge in [0.05, 0.1) is 0 Å². The molecule has 1 nitrogen and oxygen atoms in total. The molecule has 1 aromatic carbocycles. The van der Waals surface area contributed by atoms with Gasteiger partial charge in [-0.15, -0.1) is 0 Å². The number of hydrogen-bond donors (Lipinski definition) is 1. The van der Waals surface area contributed by atoms with Gasteiger partial charge in [0.25, 0.3) is 0 Å². The minimum absolute atomic E-state index is 0.554. The van der Waals surface area contributed by atoms with E-state index in [0.29, 0.717) is 6.04 Å². The molecule has 16 heavy (non-hydrogen) atoms. The largest absolute Gasteiger partial charge is 0.310 e. The fourth-order valence-corrected chi connectivity index (χ4v) is 1.73. The van der Waals surface area contributed by atoms with Crippen molar-refractivity contribution in [2.75, 3.05) is 0 Å². The fourth-order valence-electron chi connectivity index (χ4n) is 1.73. The first-order chi connectivity index (χ1) is 7.59. The Kier molecular flexibility index (Phi) is 5.54. The lowest BCUT2D eigenvalue weighted by atomic mass is 9.98. The molecule has 1 N–H and O–H groups in total. The smallest absolute Gasteiger partial charge is 0.0210 e. The molecule has 0 fully saturated rings. The first-order valence-corrected chi connectivity index (χ1v) is 6.39. The summed E-state index contributed by atoms with van der Waals surface area (Å²) in [5, 5.41) is 3.49. The van der Waals surface area contributed by atoms with Gasteiger partial charge >= 0.3 is 0 Å². The number of benzene rings is 1. The average molecular weight is 219 g/mol. The highest BCUT2D eigenvalue weighted by atomic mass is 14.9. The molecule has 1 aromatic rings. The molecule has 0 spiro atoms. The van der Waals surface area contributed by atoms with Crippen molar-refractivity contribution in [1.82, 2.24) is 5.32 Å². The van der Waals surface area contributed by atoms with E-state index < -0.39 is 0 Å². The van der Waals surface area contributed by atoms with Gasteiger partial charge in [0, 0.05) is 12.6 Å². The Morgan fingerprint density at radius 1 is 1.00 bits per heavy atom. The van der Waals surface area contributed by atoms with Gasteiger partial charge in [0.2, 0.25) is 0 Å². The molecule has 0 amide bonds. The monoisotopic (exact) mass is 219 g/mol. The lowest BCUT2D eigenvalue weighted by molar-refractivity contribution is 0.569. The van der Waals surface area contributed by atoms with Gasteiger partial charge in [-0.3, -0.25) is 0 Å². The molecule has 0 heterocycles. The van der Waals surface area contributed by atoms with Crippen molar-refractivity contribution >= 4 is 0 Å². The van der Waals surface area contributed by atoms with Crippen LogP contribution in [0.5, 0.6) is 0 Å². The summed E-state index contributed by atoms with van der Waals surface area (Å²) in [6.07, 6.45) is 2.48. The third kappa shape index (κ3) is 4.80. The van der Waals surface area contributed by atoms with Crippen LogP contribution in [0.25, 0.3) is 0 Å². The second-order valence-corrected chi connectivity index (χ2v) is 5.24. The SMILES string of the molecule is CC(C)CCc1ccccc1CNC(C)C. The zero-order valence-electron chi connectivity index (χ0n) is 11.1. The highest BCUT2D eigenvalue weighted by molar-refractivity contribution is 5.27. The standard InChI is InChI=1S/C15H25N/c1-12(2)9-10-14-7-5-6-8-15(14)11-16-13(3)4/h5-8,12-13,16H,9-11H2,1-4H3. The van der Waals surface area contributed by atoms with E-state index in [1.165, 1.54) is 24.0 Å². The van der Waals surface area contributed by atoms with E-state index in [1.54, 1.807) is 0 Å². The van der Waals surface area contributed by atoms with Crippen molar-refractivity contribution < 1.29 is 0 Å². The van der Waals surface area contributed by atoms with E-state index in [2.05, 4.69) is 57.3 Å². The summed E-state index contributed by atoms with van der Waals surface area (Å²) in [6, 6.07) is 9.34. The second-order valence-electron chi connectivity index (χ2n) is 5.24. The fraction of sp³-hybridized carbons (Fsp3) is 0.600. The van der Waals surface area contributed by atoms with Crippen LogP contribution in [0.4, 0.5) is 0 Å². The Balaban J connectivity index is 2.60. The van der Waals surface area contributed by atoms with Gasteiger partial charge in [-0.05, 0) is 29.9 Å². The molecule has 0 radical (unpaired) electrons. The number of rotatable bonds is 6. The maximum Gasteiger partial charge on any atom is 0.0210 e. The molecule has 1 rings (SSSR count). The molecule has 90 valence electrons. The molecule has 0 saturated carbocycles. The minimum atomic E-state index is 0.554. The van der Waals surface area contributed by atoms with Crippen LogP contribution >= 0.6 is 0 Å². The number of nitrogens with one attached hydrogen (secondary N) is 1. The van der Waals surface area contributed by atoms with Gasteiger partial charge < -0.3 is 5.32 Å². The maximum atomic E-state index is 3.49. The number of aryl methyl sites for hydroxylation is 1. The molecule has 0 atom stereocenters. The van der Waals surface area contributed by atoms with E-state index in [1.807, 2.05) is 0 Å². The minimum Gasteiger partial charge on any atom is -0.310 e. The summed E-state index contributed by atoms with van der Waals surface area (Å²) < 4.78 is 0. The van der Waals surface area contributed by atoms with Crippen molar-refractivity contribution in [2.45, 2.75) is 53.1 Å². The van der Waals surface area contributed by atoms with Gasteiger partial charge in [-0.2, -0.15) is 0 Å². The summed E-state index contributed by atoms with van der Waals surface area (Å²) in [4.78, 5) is 0. The Labute approximate surface area is 100 Å². The maximum absolute atomic E-state index is 3.49. The topological polar surface area (TPSA) is 12.0 Å². The summed E-state index contributed by atoms with van der Waals surface area (Å²) in [5.74, 6) is 0.783. The van der Waals surface area contributed by atoms with Crippen molar-refractivity contribution in [1.29, 1.82) is 0 Å². The van der Waals surface area contributed by atoms with E-state index in [4.69, 9.17) is 0 Å². The van der Waals surface area contributed by atoms with E-state index in [9.17, 15) is 0 Å². The summed E-state index contributed by atoms with van der Waals surface area (Å²) in [7, 11) is 0. The zero-order valence-corrected chi connectivity index (χ0v) is 11.1. The van der Waals surface area contributed by atoms with Crippen molar-refractivity contribution in [3.63, 3.8) is 0 Å². The molecular weight excluding hydrogens is 194 g/mol. The first kappa shape index (κ1) is 13.2. The Bertz CT molecular complexity index is 271. The zero-order chi connectivity index (χ0) is 12.0. The van der Waals surface area contributed by atoms with Crippen LogP contribution in [0.1, 0.15) is 45.2 Å². The summed E-state index contributed by atoms with van der Waals surface area (Å²) >= 11 is 0. The summed E-state index contributed by atoms with van der Waals surface area (Å²) in [5.41, 5.74) is 2.96. The van der Waals surface area contributed by atoms with Crippen LogP contribution in [0.2, 0.25) is 0 Å². The van der Waals surface area contributed by atoms with Crippen molar-refractivity contribution in [3.05, 3.63) is 35.4 Å². The lowest BCUT2D eigenvalue weighted by Gasteiger charge is -2.13. The van der Waals surface area contributed by atoms with E-state index >= 15 is 0 Å². The molecule has 0 aliphatic carbocycles. The molecule has 0 unspecified atom stereocenters. The predicted molar refractivity (Wildman–Crippen MR) is 71.6 cm³/mol. The van der Waals surface area contributed by atoms with Crippen LogP contribution < -0.4 is 5.32 Å². The van der Waals surface area contributed by atoms with Gasteiger partial charge in [-0.1, -0.05) is 52.0 Å². The molecule has 0 saturated heterocycles. The van der Waals surface area contributed by atoms with Crippen LogP contribution in [0, 0.1) is 5.92 Å². The van der Waals surface area contributed by atoms with Crippen molar-refractivity contribution in [2.24, 2.45) is 5.92 Å². The number of hydrogen-bond acceptors (Lipinski definition) is 1. The molecule has 1 heteroatoms. The molecule has 0 aliphatic heterocycles. The molecule has 0 aromatic heterocycles. The Morgan fingerprint density at radius 2 is 1.62 bits per heavy atom. The average Bonchev–Trinajstić information content (AvgIpc) is 2.24. The molecular formula is C15H25N. The molecule has 0 bridgehead atoms. The van der Waals surface area contributed by atoms with Crippen molar-refractivity contribution in [3.8, 4) is 0 Å². The van der Waals surface area contributed by atoms with E-state index in [-0.39, 0.29) is 0 Å². The highest BCUT2D eigenvalue weighted by Crippen LogP contribution is 2.14. The summed E-state index contributed by atoms with van der Waals surface area (Å²) in [6.45, 7) is 9.95. The lowest BCUT2D eigenvalue weighted by Crippen LogP contribution is -2.22. The highest BCUT2D eigenvalue weighted by Gasteiger charge is 2.03. The van der Waals surface area contributed by atoms with Crippen LogP contribution in [-0.4, -0.2) is 6.04 Å². The second kappa shape index (κ2) is 6.70. The first-order valence-electron chi connectivity index (χ1n) is 6.39. The van der Waals surface area contributed by atoms with Crippen LogP contribution in [0.15, 0.2) is 24.3 Å². The quantitative estimate of drug-likeness (QED) is 0.768. The third-order valence-electron chi connectivity index (χ3n) is 2.81. The van der Waals surface area contributed by atoms with E-state index in [0.717, 1.165) is 12.5 Å². The van der Waals surface area contributed by atoms with Crippen LogP contribution in [-0.2, 0) is 13.0 Å². The normalized spacial score (nSPS) is 11.4. The predicted octanol–water partition coefficient (Wildman–Crippen LogP) is 3.77. The van der Waals surface area contributed by atoms with Gasteiger partial charge in [-0.25, -0.2) is 0 Å². The van der Waals surface area contributed by atoms with Gasteiger partial charge in [0.1, 0.15) is 0 Å². The third-order valence-corrected chi connectivity index (χ3v) is 2.81. The van der Waals surface area contributed by atoms with Crippen LogP contribution in [0.3, 0.4) is 0 Å². The molecule has 0 aliphatic rings.